The number of esters is 1. The Morgan fingerprint density at radius 2 is 1.83 bits per heavy atom. The SMILES string of the molecule is COC(=O)[C@H]1CCN([C@H]2CCN(C(=O)OC)C2)C1. The summed E-state index contributed by atoms with van der Waals surface area (Å²) < 4.78 is 9.49. The quantitative estimate of drug-likeness (QED) is 0.666. The summed E-state index contributed by atoms with van der Waals surface area (Å²) >= 11 is 0. The van der Waals surface area contributed by atoms with Crippen molar-refractivity contribution in [1.29, 1.82) is 0 Å². The maximum atomic E-state index is 11.5. The van der Waals surface area contributed by atoms with Gasteiger partial charge in [0.15, 0.2) is 0 Å². The van der Waals surface area contributed by atoms with Gasteiger partial charge in [-0.25, -0.2) is 4.79 Å². The number of carbonyl (C=O) groups excluding carboxylic acids is 2. The maximum Gasteiger partial charge on any atom is 0.409 e. The van der Waals surface area contributed by atoms with Gasteiger partial charge >= 0.3 is 12.1 Å². The van der Waals surface area contributed by atoms with E-state index < -0.39 is 0 Å². The fraction of sp³-hybridized carbons (Fsp3) is 0.833. The van der Waals surface area contributed by atoms with Gasteiger partial charge in [-0.15, -0.1) is 0 Å². The molecule has 2 fully saturated rings. The highest BCUT2D eigenvalue weighted by Crippen LogP contribution is 2.24. The first-order valence-electron chi connectivity index (χ1n) is 6.30. The Balaban J connectivity index is 1.84. The number of methoxy groups -OCH3 is 2. The predicted molar refractivity (Wildman–Crippen MR) is 64.1 cm³/mol. The van der Waals surface area contributed by atoms with Gasteiger partial charge < -0.3 is 14.4 Å². The molecule has 102 valence electrons. The number of hydrogen-bond acceptors (Lipinski definition) is 5. The number of nitrogens with zero attached hydrogens (tertiary/aromatic N) is 2. The molecule has 2 rings (SSSR count). The summed E-state index contributed by atoms with van der Waals surface area (Å²) in [6.07, 6.45) is 1.53. The molecule has 0 N–H and O–H groups in total. The highest BCUT2D eigenvalue weighted by molar-refractivity contribution is 5.73. The number of amides is 1. The molecule has 0 spiro atoms. The van der Waals surface area contributed by atoms with Crippen LogP contribution in [0.2, 0.25) is 0 Å². The van der Waals surface area contributed by atoms with Crippen molar-refractivity contribution in [2.75, 3.05) is 40.4 Å². The van der Waals surface area contributed by atoms with Gasteiger partial charge in [0.2, 0.25) is 0 Å². The molecule has 2 aliphatic rings. The van der Waals surface area contributed by atoms with Gasteiger partial charge in [-0.1, -0.05) is 0 Å². The van der Waals surface area contributed by atoms with Crippen LogP contribution in [0.1, 0.15) is 12.8 Å². The second-order valence-corrected chi connectivity index (χ2v) is 4.86. The predicted octanol–water partition coefficient (Wildman–Crippen LogP) is 0.322. The number of carbonyl (C=O) groups is 2. The van der Waals surface area contributed by atoms with Crippen molar-refractivity contribution in [3.8, 4) is 0 Å². The smallest absolute Gasteiger partial charge is 0.409 e. The monoisotopic (exact) mass is 256 g/mol. The summed E-state index contributed by atoms with van der Waals surface area (Å²) in [5.74, 6) is -0.137. The molecule has 0 aromatic rings. The van der Waals surface area contributed by atoms with Gasteiger partial charge in [0, 0.05) is 25.7 Å². The van der Waals surface area contributed by atoms with E-state index in [-0.39, 0.29) is 18.0 Å². The van der Waals surface area contributed by atoms with Gasteiger partial charge in [-0.2, -0.15) is 0 Å². The van der Waals surface area contributed by atoms with Crippen LogP contribution in [0.4, 0.5) is 4.79 Å². The van der Waals surface area contributed by atoms with Crippen LogP contribution in [0.25, 0.3) is 0 Å². The lowest BCUT2D eigenvalue weighted by atomic mass is 10.1. The van der Waals surface area contributed by atoms with E-state index in [0.717, 1.165) is 32.5 Å². The molecule has 0 aliphatic carbocycles. The highest BCUT2D eigenvalue weighted by Gasteiger charge is 2.37. The Morgan fingerprint density at radius 1 is 1.06 bits per heavy atom. The van der Waals surface area contributed by atoms with Gasteiger partial charge in [-0.05, 0) is 19.4 Å². The molecule has 0 aromatic heterocycles. The molecule has 0 unspecified atom stereocenters. The second kappa shape index (κ2) is 5.56. The van der Waals surface area contributed by atoms with Crippen LogP contribution in [-0.4, -0.2) is 68.3 Å². The Hall–Kier alpha value is -1.30. The van der Waals surface area contributed by atoms with E-state index in [1.54, 1.807) is 4.90 Å². The van der Waals surface area contributed by atoms with Crippen LogP contribution in [0.3, 0.4) is 0 Å². The highest BCUT2D eigenvalue weighted by atomic mass is 16.5. The largest absolute Gasteiger partial charge is 0.469 e. The summed E-state index contributed by atoms with van der Waals surface area (Å²) in [5, 5.41) is 0. The zero-order valence-electron chi connectivity index (χ0n) is 10.9. The first-order chi connectivity index (χ1) is 8.65. The third-order valence-electron chi connectivity index (χ3n) is 3.87. The Kier molecular flexibility index (Phi) is 4.06. The Labute approximate surface area is 107 Å². The molecule has 0 saturated carbocycles. The van der Waals surface area contributed by atoms with Crippen molar-refractivity contribution in [3.05, 3.63) is 0 Å². The molecule has 2 saturated heterocycles. The summed E-state index contributed by atoms with van der Waals surface area (Å²) in [7, 11) is 2.83. The molecule has 1 amide bonds. The lowest BCUT2D eigenvalue weighted by molar-refractivity contribution is -0.145. The molecule has 0 radical (unpaired) electrons. The number of ether oxygens (including phenoxy) is 2. The van der Waals surface area contributed by atoms with Crippen LogP contribution >= 0.6 is 0 Å². The van der Waals surface area contributed by atoms with Crippen LogP contribution in [0, 0.1) is 5.92 Å². The normalized spacial score (nSPS) is 28.4. The van der Waals surface area contributed by atoms with E-state index in [4.69, 9.17) is 9.47 Å². The molecule has 0 aromatic carbocycles. The van der Waals surface area contributed by atoms with Crippen molar-refractivity contribution >= 4 is 12.1 Å². The lowest BCUT2D eigenvalue weighted by Gasteiger charge is -2.23. The second-order valence-electron chi connectivity index (χ2n) is 4.86. The first-order valence-corrected chi connectivity index (χ1v) is 6.30. The average molecular weight is 256 g/mol. The summed E-state index contributed by atoms with van der Waals surface area (Å²) in [6, 6.07) is 0.346. The van der Waals surface area contributed by atoms with Crippen molar-refractivity contribution in [2.45, 2.75) is 18.9 Å². The summed E-state index contributed by atoms with van der Waals surface area (Å²) in [4.78, 5) is 26.9. The minimum atomic E-state index is -0.263. The minimum Gasteiger partial charge on any atom is -0.469 e. The van der Waals surface area contributed by atoms with Crippen LogP contribution < -0.4 is 0 Å². The van der Waals surface area contributed by atoms with Crippen molar-refractivity contribution < 1.29 is 19.1 Å². The minimum absolute atomic E-state index is 0.0119. The molecule has 2 heterocycles. The van der Waals surface area contributed by atoms with E-state index in [1.165, 1.54) is 14.2 Å². The van der Waals surface area contributed by atoms with Gasteiger partial charge in [-0.3, -0.25) is 9.69 Å². The summed E-state index contributed by atoms with van der Waals surface area (Å²) in [5.41, 5.74) is 0. The first kappa shape index (κ1) is 13.1. The zero-order valence-corrected chi connectivity index (χ0v) is 10.9. The average Bonchev–Trinajstić information content (AvgIpc) is 3.04. The van der Waals surface area contributed by atoms with E-state index in [2.05, 4.69) is 4.90 Å². The zero-order chi connectivity index (χ0) is 13.1. The molecule has 2 aliphatic heterocycles. The Bertz CT molecular complexity index is 302. The molecule has 0 bridgehead atoms. The third kappa shape index (κ3) is 2.58. The third-order valence-corrected chi connectivity index (χ3v) is 3.87. The van der Waals surface area contributed by atoms with E-state index in [0.29, 0.717) is 12.6 Å². The van der Waals surface area contributed by atoms with Crippen LogP contribution in [0.5, 0.6) is 0 Å². The van der Waals surface area contributed by atoms with Gasteiger partial charge in [0.1, 0.15) is 0 Å². The summed E-state index contributed by atoms with van der Waals surface area (Å²) in [6.45, 7) is 3.07. The van der Waals surface area contributed by atoms with Crippen molar-refractivity contribution in [2.24, 2.45) is 5.92 Å². The van der Waals surface area contributed by atoms with Gasteiger partial charge in [0.05, 0.1) is 20.1 Å². The fourth-order valence-corrected chi connectivity index (χ4v) is 2.81. The van der Waals surface area contributed by atoms with Crippen molar-refractivity contribution in [3.63, 3.8) is 0 Å². The van der Waals surface area contributed by atoms with Crippen LogP contribution in [0.15, 0.2) is 0 Å². The van der Waals surface area contributed by atoms with E-state index >= 15 is 0 Å². The maximum absolute atomic E-state index is 11.5. The molecule has 18 heavy (non-hydrogen) atoms. The van der Waals surface area contributed by atoms with Crippen molar-refractivity contribution in [1.82, 2.24) is 9.80 Å². The molecule has 6 nitrogen and oxygen atoms in total. The van der Waals surface area contributed by atoms with E-state index in [9.17, 15) is 9.59 Å². The van der Waals surface area contributed by atoms with E-state index in [1.807, 2.05) is 0 Å². The number of likely N-dealkylation sites (tertiary alicyclic amines) is 2. The Morgan fingerprint density at radius 3 is 2.50 bits per heavy atom. The van der Waals surface area contributed by atoms with Crippen LogP contribution in [-0.2, 0) is 14.3 Å². The molecule has 2 atom stereocenters. The topological polar surface area (TPSA) is 59.1 Å². The lowest BCUT2D eigenvalue weighted by Crippen LogP contribution is -2.38. The number of rotatable bonds is 2. The van der Waals surface area contributed by atoms with Gasteiger partial charge in [0.25, 0.3) is 0 Å². The standard InChI is InChI=1S/C12H20N2O4/c1-17-11(15)9-3-5-13(7-9)10-4-6-14(8-10)12(16)18-2/h9-10H,3-8H2,1-2H3/t9-,10-/m0/s1. The molecule has 6 heteroatoms. The molecular weight excluding hydrogens is 236 g/mol. The number of hydrogen-bond donors (Lipinski definition) is 0. The fourth-order valence-electron chi connectivity index (χ4n) is 2.81. The molecular formula is C12H20N2O4.